The fourth-order valence-corrected chi connectivity index (χ4v) is 4.95. The summed E-state index contributed by atoms with van der Waals surface area (Å²) < 4.78 is 24.1. The van der Waals surface area contributed by atoms with Crippen molar-refractivity contribution in [2.75, 3.05) is 4.31 Å². The molecular formula is C26H25N3O6S. The molecule has 1 heterocycles. The summed E-state index contributed by atoms with van der Waals surface area (Å²) >= 11 is -2.44. The van der Waals surface area contributed by atoms with Gasteiger partial charge in [0.05, 0.1) is 16.7 Å². The molecule has 0 aliphatic rings. The summed E-state index contributed by atoms with van der Waals surface area (Å²) in [5, 5.41) is 33.7. The van der Waals surface area contributed by atoms with E-state index < -0.39 is 34.4 Å². The molecule has 9 nitrogen and oxygen atoms in total. The smallest absolute Gasteiger partial charge is 0.269 e. The molecule has 1 aromatic heterocycles. The molecule has 0 saturated heterocycles. The number of aliphatic hydroxyl groups is 2. The topological polar surface area (TPSA) is 137 Å². The van der Waals surface area contributed by atoms with Crippen LogP contribution in [-0.2, 0) is 11.3 Å². The number of nitrogens with zero attached hydrogens (tertiary/aromatic N) is 3. The molecule has 186 valence electrons. The molecule has 3 aromatic carbocycles. The van der Waals surface area contributed by atoms with E-state index in [1.807, 2.05) is 42.5 Å². The van der Waals surface area contributed by atoms with Gasteiger partial charge in [0.25, 0.3) is 17.0 Å². The predicted molar refractivity (Wildman–Crippen MR) is 139 cm³/mol. The van der Waals surface area contributed by atoms with Gasteiger partial charge in [-0.15, -0.1) is 0 Å². The van der Waals surface area contributed by atoms with Crippen molar-refractivity contribution in [3.63, 3.8) is 0 Å². The van der Waals surface area contributed by atoms with Gasteiger partial charge in [-0.1, -0.05) is 30.3 Å². The van der Waals surface area contributed by atoms with E-state index in [1.165, 1.54) is 28.6 Å². The van der Waals surface area contributed by atoms with Crippen LogP contribution in [0.25, 0.3) is 21.9 Å². The minimum atomic E-state index is -2.44. The van der Waals surface area contributed by atoms with Gasteiger partial charge >= 0.3 is 0 Å². The van der Waals surface area contributed by atoms with Crippen LogP contribution in [0.2, 0.25) is 0 Å². The quantitative estimate of drug-likeness (QED) is 0.171. The van der Waals surface area contributed by atoms with E-state index in [1.54, 1.807) is 25.4 Å². The predicted octanol–water partition coefficient (Wildman–Crippen LogP) is 4.63. The van der Waals surface area contributed by atoms with Crippen LogP contribution in [0.4, 0.5) is 11.4 Å². The summed E-state index contributed by atoms with van der Waals surface area (Å²) in [5.74, 6) is 0. The van der Waals surface area contributed by atoms with Gasteiger partial charge in [0, 0.05) is 41.3 Å². The molecule has 0 spiro atoms. The second kappa shape index (κ2) is 10.9. The number of nitro groups is 1. The highest BCUT2D eigenvalue weighted by molar-refractivity contribution is 7.80. The van der Waals surface area contributed by atoms with Gasteiger partial charge in [-0.3, -0.25) is 24.0 Å². The minimum absolute atomic E-state index is 0.0490. The maximum atomic E-state index is 12.6. The number of non-ortho nitro benzene ring substituents is 1. The summed E-state index contributed by atoms with van der Waals surface area (Å²) in [7, 11) is 0. The highest BCUT2D eigenvalue weighted by atomic mass is 32.2. The highest BCUT2D eigenvalue weighted by Crippen LogP contribution is 2.35. The van der Waals surface area contributed by atoms with Gasteiger partial charge < -0.3 is 10.2 Å². The van der Waals surface area contributed by atoms with Crippen molar-refractivity contribution in [1.82, 2.24) is 4.98 Å². The number of anilines is 1. The van der Waals surface area contributed by atoms with E-state index in [-0.39, 0.29) is 12.1 Å². The molecular weight excluding hydrogens is 482 g/mol. The van der Waals surface area contributed by atoms with Crippen LogP contribution in [0.15, 0.2) is 85.2 Å². The molecule has 4 atom stereocenters. The van der Waals surface area contributed by atoms with Gasteiger partial charge in [-0.05, 0) is 60.4 Å². The Bertz CT molecular complexity index is 1380. The normalized spacial score (nSPS) is 14.7. The van der Waals surface area contributed by atoms with Crippen LogP contribution in [0.1, 0.15) is 25.0 Å². The van der Waals surface area contributed by atoms with Crippen LogP contribution in [0.3, 0.4) is 0 Å². The first-order chi connectivity index (χ1) is 17.3. The molecule has 0 aliphatic heterocycles. The Hall–Kier alpha value is -3.70. The fourth-order valence-electron chi connectivity index (χ4n) is 4.23. The molecule has 10 heteroatoms. The van der Waals surface area contributed by atoms with Crippen LogP contribution < -0.4 is 4.31 Å². The molecule has 0 fully saturated rings. The monoisotopic (exact) mass is 507 g/mol. The van der Waals surface area contributed by atoms with Crippen LogP contribution in [0.5, 0.6) is 0 Å². The molecule has 4 rings (SSSR count). The second-order valence-electron chi connectivity index (χ2n) is 8.46. The largest absolute Gasteiger partial charge is 0.390 e. The van der Waals surface area contributed by atoms with Crippen molar-refractivity contribution in [3.8, 4) is 11.1 Å². The first-order valence-corrected chi connectivity index (χ1v) is 12.3. The Labute approximate surface area is 210 Å². The Morgan fingerprint density at radius 2 is 1.72 bits per heavy atom. The van der Waals surface area contributed by atoms with Gasteiger partial charge in [0.15, 0.2) is 0 Å². The SMILES string of the molecule is CC(CC(O)C(O)c1ccc([N+](=O)[O-])cc1)N(c1cc(-c2ccccc2)cc2cnccc12)S(=O)O. The van der Waals surface area contributed by atoms with Crippen LogP contribution in [-0.4, -0.2) is 41.0 Å². The first-order valence-electron chi connectivity index (χ1n) is 11.2. The van der Waals surface area contributed by atoms with Crippen molar-refractivity contribution < 1.29 is 23.9 Å². The zero-order valence-electron chi connectivity index (χ0n) is 19.3. The third kappa shape index (κ3) is 5.42. The first kappa shape index (κ1) is 25.4. The molecule has 0 radical (unpaired) electrons. The number of rotatable bonds is 9. The number of nitro benzene ring substituents is 1. The Kier molecular flexibility index (Phi) is 7.70. The maximum absolute atomic E-state index is 12.6. The van der Waals surface area contributed by atoms with Crippen molar-refractivity contribution >= 4 is 33.4 Å². The van der Waals surface area contributed by atoms with Crippen LogP contribution in [0, 0.1) is 10.1 Å². The van der Waals surface area contributed by atoms with Crippen molar-refractivity contribution in [2.24, 2.45) is 0 Å². The summed E-state index contributed by atoms with van der Waals surface area (Å²) in [6.07, 6.45) is 0.607. The number of benzene rings is 3. The van der Waals surface area contributed by atoms with E-state index in [0.717, 1.165) is 16.5 Å². The molecule has 0 amide bonds. The van der Waals surface area contributed by atoms with E-state index in [9.17, 15) is 29.1 Å². The molecule has 3 N–H and O–H groups in total. The number of hydrogen-bond donors (Lipinski definition) is 3. The average molecular weight is 508 g/mol. The molecule has 0 saturated carbocycles. The Morgan fingerprint density at radius 1 is 1.03 bits per heavy atom. The van der Waals surface area contributed by atoms with Crippen molar-refractivity contribution in [3.05, 3.63) is 101 Å². The zero-order valence-corrected chi connectivity index (χ0v) is 20.2. The van der Waals surface area contributed by atoms with E-state index in [0.29, 0.717) is 16.6 Å². The van der Waals surface area contributed by atoms with Gasteiger partial charge in [-0.25, -0.2) is 4.21 Å². The van der Waals surface area contributed by atoms with E-state index in [4.69, 9.17) is 0 Å². The Balaban J connectivity index is 1.66. The third-order valence-electron chi connectivity index (χ3n) is 6.04. The average Bonchev–Trinajstić information content (AvgIpc) is 2.88. The molecule has 0 bridgehead atoms. The lowest BCUT2D eigenvalue weighted by Crippen LogP contribution is -2.38. The summed E-state index contributed by atoms with van der Waals surface area (Å²) in [5.41, 5.74) is 2.42. The number of hydrogen-bond acceptors (Lipinski definition) is 6. The fraction of sp³-hybridized carbons (Fsp3) is 0.192. The highest BCUT2D eigenvalue weighted by Gasteiger charge is 2.28. The molecule has 0 aliphatic carbocycles. The second-order valence-corrected chi connectivity index (χ2v) is 9.32. The third-order valence-corrected chi connectivity index (χ3v) is 6.93. The van der Waals surface area contributed by atoms with Crippen LogP contribution >= 0.6 is 0 Å². The summed E-state index contributed by atoms with van der Waals surface area (Å²) in [6, 6.07) is 19.7. The van der Waals surface area contributed by atoms with Gasteiger partial charge in [0.1, 0.15) is 6.10 Å². The number of aliphatic hydroxyl groups excluding tert-OH is 2. The Morgan fingerprint density at radius 3 is 2.36 bits per heavy atom. The number of pyridine rings is 1. The molecule has 36 heavy (non-hydrogen) atoms. The zero-order chi connectivity index (χ0) is 25.8. The molecule has 4 unspecified atom stereocenters. The number of fused-ring (bicyclic) bond motifs is 1. The lowest BCUT2D eigenvalue weighted by Gasteiger charge is -2.31. The lowest BCUT2D eigenvalue weighted by atomic mass is 9.97. The summed E-state index contributed by atoms with van der Waals surface area (Å²) in [4.78, 5) is 14.5. The van der Waals surface area contributed by atoms with E-state index in [2.05, 4.69) is 4.98 Å². The lowest BCUT2D eigenvalue weighted by molar-refractivity contribution is -0.384. The van der Waals surface area contributed by atoms with Gasteiger partial charge in [0.2, 0.25) is 0 Å². The number of aromatic nitrogens is 1. The standard InChI is InChI=1S/C26H25N3O6S/c1-17(13-25(30)26(31)19-7-9-22(10-8-19)29(32)33)28(36(34)35)24-15-20(18-5-3-2-4-6-18)14-21-16-27-12-11-23(21)24/h2-12,14-17,25-26,30-31H,13H2,1H3,(H,34,35). The van der Waals surface area contributed by atoms with Gasteiger partial charge in [-0.2, -0.15) is 0 Å². The minimum Gasteiger partial charge on any atom is -0.390 e. The maximum Gasteiger partial charge on any atom is 0.269 e. The van der Waals surface area contributed by atoms with E-state index >= 15 is 0 Å². The molecule has 4 aromatic rings. The summed E-state index contributed by atoms with van der Waals surface area (Å²) in [6.45, 7) is 1.68. The van der Waals surface area contributed by atoms with Crippen molar-refractivity contribution in [1.29, 1.82) is 0 Å². The van der Waals surface area contributed by atoms with Crippen molar-refractivity contribution in [2.45, 2.75) is 31.6 Å².